The van der Waals surface area contributed by atoms with Crippen molar-refractivity contribution >= 4 is 5.78 Å². The highest BCUT2D eigenvalue weighted by atomic mass is 16.5. The lowest BCUT2D eigenvalue weighted by molar-refractivity contribution is 0.0371. The SMILES string of the molecule is O=C(CN1CCOCC1)c1c2c(cc3c1CCC3)CCC2. The molecule has 1 aliphatic heterocycles. The molecule has 0 saturated carbocycles. The highest BCUT2D eigenvalue weighted by molar-refractivity contribution is 6.01. The molecule has 21 heavy (non-hydrogen) atoms. The number of ketones is 1. The van der Waals surface area contributed by atoms with Gasteiger partial charge in [0.1, 0.15) is 0 Å². The maximum absolute atomic E-state index is 12.9. The van der Waals surface area contributed by atoms with Crippen molar-refractivity contribution in [3.05, 3.63) is 33.9 Å². The lowest BCUT2D eigenvalue weighted by Crippen LogP contribution is -2.39. The largest absolute Gasteiger partial charge is 0.379 e. The molecule has 3 heteroatoms. The van der Waals surface area contributed by atoms with Crippen LogP contribution in [0.5, 0.6) is 0 Å². The minimum Gasteiger partial charge on any atom is -0.379 e. The van der Waals surface area contributed by atoms with Crippen LogP contribution in [-0.4, -0.2) is 43.5 Å². The first-order valence-electron chi connectivity index (χ1n) is 8.33. The Bertz CT molecular complexity index is 541. The van der Waals surface area contributed by atoms with Crippen molar-refractivity contribution in [2.45, 2.75) is 38.5 Å². The molecule has 0 spiro atoms. The van der Waals surface area contributed by atoms with E-state index in [0.29, 0.717) is 12.3 Å². The number of ether oxygens (including phenoxy) is 1. The third-order valence-corrected chi connectivity index (χ3v) is 5.22. The topological polar surface area (TPSA) is 29.5 Å². The van der Waals surface area contributed by atoms with Crippen LogP contribution in [0.25, 0.3) is 0 Å². The van der Waals surface area contributed by atoms with Crippen LogP contribution < -0.4 is 0 Å². The van der Waals surface area contributed by atoms with Gasteiger partial charge in [-0.3, -0.25) is 9.69 Å². The highest BCUT2D eigenvalue weighted by Gasteiger charge is 2.28. The zero-order valence-electron chi connectivity index (χ0n) is 12.6. The lowest BCUT2D eigenvalue weighted by atomic mass is 9.91. The fraction of sp³-hybridized carbons (Fsp3) is 0.611. The fourth-order valence-corrected chi connectivity index (χ4v) is 4.19. The minimum atomic E-state index is 0.355. The van der Waals surface area contributed by atoms with Gasteiger partial charge in [0, 0.05) is 18.7 Å². The zero-order valence-corrected chi connectivity index (χ0v) is 12.6. The van der Waals surface area contributed by atoms with E-state index in [9.17, 15) is 4.79 Å². The van der Waals surface area contributed by atoms with Crippen LogP contribution in [0.2, 0.25) is 0 Å². The second kappa shape index (κ2) is 5.54. The summed E-state index contributed by atoms with van der Waals surface area (Å²) in [6.45, 7) is 3.88. The molecular weight excluding hydrogens is 262 g/mol. The van der Waals surface area contributed by atoms with Gasteiger partial charge >= 0.3 is 0 Å². The molecule has 0 radical (unpaired) electrons. The van der Waals surface area contributed by atoms with Gasteiger partial charge in [-0.25, -0.2) is 0 Å². The molecule has 112 valence electrons. The number of aryl methyl sites for hydroxylation is 2. The Kier molecular flexibility index (Phi) is 3.56. The smallest absolute Gasteiger partial charge is 0.177 e. The van der Waals surface area contributed by atoms with Gasteiger partial charge in [-0.1, -0.05) is 6.07 Å². The number of carbonyl (C=O) groups is 1. The van der Waals surface area contributed by atoms with Crippen LogP contribution in [0.15, 0.2) is 6.07 Å². The summed E-state index contributed by atoms with van der Waals surface area (Å²) in [7, 11) is 0. The molecule has 0 amide bonds. The van der Waals surface area contributed by atoms with Gasteiger partial charge < -0.3 is 4.74 Å². The quantitative estimate of drug-likeness (QED) is 0.797. The Hall–Kier alpha value is -1.19. The zero-order chi connectivity index (χ0) is 14.2. The average Bonchev–Trinajstić information content (AvgIpc) is 3.13. The molecule has 1 fully saturated rings. The summed E-state index contributed by atoms with van der Waals surface area (Å²) in [4.78, 5) is 15.2. The van der Waals surface area contributed by atoms with E-state index < -0.39 is 0 Å². The summed E-state index contributed by atoms with van der Waals surface area (Å²) < 4.78 is 5.38. The van der Waals surface area contributed by atoms with Crippen LogP contribution in [0, 0.1) is 0 Å². The molecule has 3 aliphatic rings. The summed E-state index contributed by atoms with van der Waals surface area (Å²) in [6, 6.07) is 2.40. The maximum atomic E-state index is 12.9. The number of hydrogen-bond acceptors (Lipinski definition) is 3. The predicted octanol–water partition coefficient (Wildman–Crippen LogP) is 2.18. The Morgan fingerprint density at radius 1 is 1.00 bits per heavy atom. The number of benzene rings is 1. The van der Waals surface area contributed by atoms with Crippen LogP contribution in [0.1, 0.15) is 45.5 Å². The monoisotopic (exact) mass is 285 g/mol. The summed E-state index contributed by atoms with van der Waals surface area (Å²) in [6.07, 6.45) is 6.98. The lowest BCUT2D eigenvalue weighted by Gasteiger charge is -2.26. The Morgan fingerprint density at radius 3 is 2.24 bits per heavy atom. The standard InChI is InChI=1S/C18H23NO2/c20-17(12-19-7-9-21-10-8-19)18-15-5-1-3-13(15)11-14-4-2-6-16(14)18/h11H,1-10,12H2. The van der Waals surface area contributed by atoms with Crippen LogP contribution in [0.4, 0.5) is 0 Å². The summed E-state index contributed by atoms with van der Waals surface area (Å²) in [5.41, 5.74) is 6.80. The van der Waals surface area contributed by atoms with Gasteiger partial charge in [0.2, 0.25) is 0 Å². The molecule has 1 aromatic carbocycles. The van der Waals surface area contributed by atoms with E-state index in [1.54, 1.807) is 0 Å². The first-order valence-corrected chi connectivity index (χ1v) is 8.33. The summed E-state index contributed by atoms with van der Waals surface area (Å²) >= 11 is 0. The predicted molar refractivity (Wildman–Crippen MR) is 82.1 cm³/mol. The molecule has 2 aliphatic carbocycles. The van der Waals surface area contributed by atoms with E-state index in [-0.39, 0.29) is 0 Å². The van der Waals surface area contributed by atoms with Crippen molar-refractivity contribution in [3.8, 4) is 0 Å². The van der Waals surface area contributed by atoms with Crippen molar-refractivity contribution < 1.29 is 9.53 Å². The van der Waals surface area contributed by atoms with Crippen molar-refractivity contribution in [2.24, 2.45) is 0 Å². The highest BCUT2D eigenvalue weighted by Crippen LogP contribution is 2.35. The molecule has 0 bridgehead atoms. The molecule has 1 saturated heterocycles. The number of morpholine rings is 1. The van der Waals surface area contributed by atoms with E-state index in [0.717, 1.165) is 44.7 Å². The van der Waals surface area contributed by atoms with Crippen LogP contribution in [-0.2, 0) is 30.4 Å². The van der Waals surface area contributed by atoms with Gasteiger partial charge in [0.05, 0.1) is 19.8 Å². The molecule has 0 unspecified atom stereocenters. The molecule has 1 heterocycles. The number of carbonyl (C=O) groups excluding carboxylic acids is 1. The molecule has 0 atom stereocenters. The van der Waals surface area contributed by atoms with Crippen molar-refractivity contribution in [1.29, 1.82) is 0 Å². The van der Waals surface area contributed by atoms with Gasteiger partial charge in [-0.2, -0.15) is 0 Å². The molecular formula is C18H23NO2. The van der Waals surface area contributed by atoms with E-state index in [1.165, 1.54) is 47.9 Å². The molecule has 1 aromatic rings. The molecule has 4 rings (SSSR count). The minimum absolute atomic E-state index is 0.355. The van der Waals surface area contributed by atoms with Crippen molar-refractivity contribution in [3.63, 3.8) is 0 Å². The Morgan fingerprint density at radius 2 is 1.62 bits per heavy atom. The maximum Gasteiger partial charge on any atom is 0.177 e. The fourth-order valence-electron chi connectivity index (χ4n) is 4.19. The van der Waals surface area contributed by atoms with E-state index in [2.05, 4.69) is 11.0 Å². The van der Waals surface area contributed by atoms with Crippen LogP contribution >= 0.6 is 0 Å². The van der Waals surface area contributed by atoms with E-state index in [4.69, 9.17) is 4.74 Å². The molecule has 0 N–H and O–H groups in total. The number of fused-ring (bicyclic) bond motifs is 2. The number of hydrogen-bond donors (Lipinski definition) is 0. The Balaban J connectivity index is 1.66. The first kappa shape index (κ1) is 13.5. The third kappa shape index (κ3) is 2.43. The van der Waals surface area contributed by atoms with Gasteiger partial charge in [-0.05, 0) is 60.8 Å². The van der Waals surface area contributed by atoms with Gasteiger partial charge in [0.15, 0.2) is 5.78 Å². The van der Waals surface area contributed by atoms with E-state index in [1.807, 2.05) is 0 Å². The second-order valence-electron chi connectivity index (χ2n) is 6.55. The van der Waals surface area contributed by atoms with Crippen LogP contribution in [0.3, 0.4) is 0 Å². The number of rotatable bonds is 3. The Labute approximate surface area is 126 Å². The van der Waals surface area contributed by atoms with Gasteiger partial charge in [-0.15, -0.1) is 0 Å². The average molecular weight is 285 g/mol. The normalized spacial score (nSPS) is 21.3. The number of nitrogens with zero attached hydrogens (tertiary/aromatic N) is 1. The summed E-state index contributed by atoms with van der Waals surface area (Å²) in [5.74, 6) is 0.355. The molecule has 0 aromatic heterocycles. The third-order valence-electron chi connectivity index (χ3n) is 5.22. The summed E-state index contributed by atoms with van der Waals surface area (Å²) in [5, 5.41) is 0. The van der Waals surface area contributed by atoms with Crippen molar-refractivity contribution in [1.82, 2.24) is 4.90 Å². The second-order valence-corrected chi connectivity index (χ2v) is 6.55. The number of Topliss-reactive ketones (excluding diaryl/α,β-unsaturated/α-hetero) is 1. The van der Waals surface area contributed by atoms with Gasteiger partial charge in [0.25, 0.3) is 0 Å². The first-order chi connectivity index (χ1) is 10.3. The molecule has 3 nitrogen and oxygen atoms in total. The van der Waals surface area contributed by atoms with E-state index >= 15 is 0 Å². The van der Waals surface area contributed by atoms with Crippen molar-refractivity contribution in [2.75, 3.05) is 32.8 Å².